The molecule has 1 unspecified atom stereocenters. The quantitative estimate of drug-likeness (QED) is 0.777. The van der Waals surface area contributed by atoms with Gasteiger partial charge in [-0.3, -0.25) is 14.4 Å². The van der Waals surface area contributed by atoms with Crippen LogP contribution in [0.1, 0.15) is 23.7 Å². The van der Waals surface area contributed by atoms with Gasteiger partial charge in [0.2, 0.25) is 0 Å². The van der Waals surface area contributed by atoms with Gasteiger partial charge in [0.15, 0.2) is 0 Å². The number of nitrogens with zero attached hydrogens (tertiary/aromatic N) is 2. The van der Waals surface area contributed by atoms with Crippen LogP contribution in [0.4, 0.5) is 4.39 Å². The number of hydrogen-bond acceptors (Lipinski definition) is 4. The van der Waals surface area contributed by atoms with E-state index in [1.165, 1.54) is 29.2 Å². The summed E-state index contributed by atoms with van der Waals surface area (Å²) < 4.78 is 17.9. The smallest absolute Gasteiger partial charge is 0.312 e. The number of benzene rings is 1. The molecule has 1 aliphatic rings. The van der Waals surface area contributed by atoms with Crippen molar-refractivity contribution in [3.8, 4) is 0 Å². The molecule has 0 aromatic heterocycles. The Bertz CT molecular complexity index is 642. The van der Waals surface area contributed by atoms with Crippen molar-refractivity contribution in [2.24, 2.45) is 0 Å². The van der Waals surface area contributed by atoms with Crippen molar-refractivity contribution in [2.45, 2.75) is 19.4 Å². The Balaban J connectivity index is 1.83. The standard InChI is InChI=1S/C18H24FN3O4/c1-13(7-12-26-2)20-16(23)18(25)22-10-8-21(9-11-22)17(24)14-3-5-15(19)6-4-14/h3-6,13H,7-12H2,1-2H3,(H,20,23). The normalized spacial score (nSPS) is 15.5. The van der Waals surface area contributed by atoms with Crippen molar-refractivity contribution in [2.75, 3.05) is 39.9 Å². The molecule has 1 fully saturated rings. The number of methoxy groups -OCH3 is 1. The van der Waals surface area contributed by atoms with Crippen LogP contribution in [0.2, 0.25) is 0 Å². The van der Waals surface area contributed by atoms with E-state index in [0.29, 0.717) is 31.7 Å². The van der Waals surface area contributed by atoms with Crippen LogP contribution >= 0.6 is 0 Å². The van der Waals surface area contributed by atoms with E-state index in [0.717, 1.165) is 0 Å². The molecular weight excluding hydrogens is 341 g/mol. The third-order valence-corrected chi connectivity index (χ3v) is 4.27. The number of piperazine rings is 1. The van der Waals surface area contributed by atoms with E-state index in [1.54, 1.807) is 12.0 Å². The minimum atomic E-state index is -0.646. The highest BCUT2D eigenvalue weighted by Gasteiger charge is 2.28. The Labute approximate surface area is 152 Å². The van der Waals surface area contributed by atoms with Gasteiger partial charge in [0, 0.05) is 51.5 Å². The number of halogens is 1. The Morgan fingerprint density at radius 2 is 1.69 bits per heavy atom. The summed E-state index contributed by atoms with van der Waals surface area (Å²) in [5.41, 5.74) is 0.399. The van der Waals surface area contributed by atoms with Crippen molar-refractivity contribution in [1.29, 1.82) is 0 Å². The summed E-state index contributed by atoms with van der Waals surface area (Å²) in [4.78, 5) is 39.7. The lowest BCUT2D eigenvalue weighted by molar-refractivity contribution is -0.147. The Kier molecular flexibility index (Phi) is 7.08. The lowest BCUT2D eigenvalue weighted by Crippen LogP contribution is -2.54. The van der Waals surface area contributed by atoms with Crippen molar-refractivity contribution < 1.29 is 23.5 Å². The Hall–Kier alpha value is -2.48. The Morgan fingerprint density at radius 1 is 1.12 bits per heavy atom. The molecule has 0 aliphatic carbocycles. The lowest BCUT2D eigenvalue weighted by Gasteiger charge is -2.34. The third-order valence-electron chi connectivity index (χ3n) is 4.27. The number of ether oxygens (including phenoxy) is 1. The van der Waals surface area contributed by atoms with Crippen LogP contribution in [0.5, 0.6) is 0 Å². The van der Waals surface area contributed by atoms with Gasteiger partial charge in [0.25, 0.3) is 5.91 Å². The number of amides is 3. The second-order valence-electron chi connectivity index (χ2n) is 6.25. The molecule has 0 spiro atoms. The number of hydrogen-bond donors (Lipinski definition) is 1. The van der Waals surface area contributed by atoms with Gasteiger partial charge in [0.05, 0.1) is 0 Å². The molecule has 142 valence electrons. The zero-order valence-corrected chi connectivity index (χ0v) is 15.0. The minimum absolute atomic E-state index is 0.159. The molecule has 0 saturated carbocycles. The van der Waals surface area contributed by atoms with Crippen LogP contribution < -0.4 is 5.32 Å². The summed E-state index contributed by atoms with van der Waals surface area (Å²) in [5.74, 6) is -1.85. The second-order valence-corrected chi connectivity index (χ2v) is 6.25. The largest absolute Gasteiger partial charge is 0.385 e. The van der Waals surface area contributed by atoms with Crippen LogP contribution in [-0.4, -0.2) is 73.5 Å². The molecule has 1 atom stereocenters. The average Bonchev–Trinajstić information content (AvgIpc) is 2.66. The lowest BCUT2D eigenvalue weighted by atomic mass is 10.1. The Morgan fingerprint density at radius 3 is 2.27 bits per heavy atom. The molecule has 1 aromatic rings. The zero-order chi connectivity index (χ0) is 19.1. The van der Waals surface area contributed by atoms with Crippen LogP contribution in [0.25, 0.3) is 0 Å². The van der Waals surface area contributed by atoms with Gasteiger partial charge in [-0.05, 0) is 37.6 Å². The van der Waals surface area contributed by atoms with Crippen LogP contribution in [0.3, 0.4) is 0 Å². The van der Waals surface area contributed by atoms with Crippen molar-refractivity contribution in [3.63, 3.8) is 0 Å². The highest BCUT2D eigenvalue weighted by molar-refractivity contribution is 6.35. The average molecular weight is 365 g/mol. The van der Waals surface area contributed by atoms with Gasteiger partial charge in [0.1, 0.15) is 5.82 Å². The number of carbonyl (C=O) groups is 3. The predicted octanol–water partition coefficient (Wildman–Crippen LogP) is 0.651. The van der Waals surface area contributed by atoms with E-state index < -0.39 is 17.6 Å². The molecule has 2 rings (SSSR count). The summed E-state index contributed by atoms with van der Waals surface area (Å²) in [7, 11) is 1.58. The first kappa shape index (κ1) is 19.8. The first-order chi connectivity index (χ1) is 12.4. The number of rotatable bonds is 5. The van der Waals surface area contributed by atoms with Crippen LogP contribution in [0.15, 0.2) is 24.3 Å². The molecule has 3 amide bonds. The predicted molar refractivity (Wildman–Crippen MR) is 93.0 cm³/mol. The van der Waals surface area contributed by atoms with E-state index in [1.807, 2.05) is 6.92 Å². The van der Waals surface area contributed by atoms with E-state index in [2.05, 4.69) is 5.32 Å². The first-order valence-corrected chi connectivity index (χ1v) is 8.56. The van der Waals surface area contributed by atoms with Crippen LogP contribution in [0, 0.1) is 5.82 Å². The fourth-order valence-electron chi connectivity index (χ4n) is 2.68. The maximum Gasteiger partial charge on any atom is 0.312 e. The summed E-state index contributed by atoms with van der Waals surface area (Å²) in [6.45, 7) is 3.53. The topological polar surface area (TPSA) is 79.0 Å². The van der Waals surface area contributed by atoms with Gasteiger partial charge >= 0.3 is 11.8 Å². The molecule has 1 saturated heterocycles. The molecule has 7 nitrogen and oxygen atoms in total. The first-order valence-electron chi connectivity index (χ1n) is 8.56. The van der Waals surface area contributed by atoms with E-state index in [4.69, 9.17) is 4.74 Å². The fraction of sp³-hybridized carbons (Fsp3) is 0.500. The number of carbonyl (C=O) groups excluding carboxylic acids is 3. The monoisotopic (exact) mass is 365 g/mol. The van der Waals surface area contributed by atoms with Gasteiger partial charge in [-0.2, -0.15) is 0 Å². The van der Waals surface area contributed by atoms with E-state index >= 15 is 0 Å². The van der Waals surface area contributed by atoms with Crippen molar-refractivity contribution >= 4 is 17.7 Å². The van der Waals surface area contributed by atoms with E-state index in [-0.39, 0.29) is 25.0 Å². The highest BCUT2D eigenvalue weighted by Crippen LogP contribution is 2.10. The van der Waals surface area contributed by atoms with Gasteiger partial charge in [-0.15, -0.1) is 0 Å². The highest BCUT2D eigenvalue weighted by atomic mass is 19.1. The SMILES string of the molecule is COCCC(C)NC(=O)C(=O)N1CCN(C(=O)c2ccc(F)cc2)CC1. The van der Waals surface area contributed by atoms with E-state index in [9.17, 15) is 18.8 Å². The zero-order valence-electron chi connectivity index (χ0n) is 15.0. The fourth-order valence-corrected chi connectivity index (χ4v) is 2.68. The maximum atomic E-state index is 13.0. The molecule has 1 heterocycles. The molecule has 1 N–H and O–H groups in total. The summed E-state index contributed by atoms with van der Waals surface area (Å²) in [6, 6.07) is 5.19. The van der Waals surface area contributed by atoms with Gasteiger partial charge < -0.3 is 19.9 Å². The minimum Gasteiger partial charge on any atom is -0.385 e. The molecule has 1 aliphatic heterocycles. The summed E-state index contributed by atoms with van der Waals surface area (Å²) >= 11 is 0. The summed E-state index contributed by atoms with van der Waals surface area (Å²) in [5, 5.41) is 2.65. The number of nitrogens with one attached hydrogen (secondary N) is 1. The molecule has 26 heavy (non-hydrogen) atoms. The van der Waals surface area contributed by atoms with Crippen molar-refractivity contribution in [3.05, 3.63) is 35.6 Å². The molecule has 8 heteroatoms. The second kappa shape index (κ2) is 9.28. The van der Waals surface area contributed by atoms with Gasteiger partial charge in [-0.1, -0.05) is 0 Å². The maximum absolute atomic E-state index is 13.0. The van der Waals surface area contributed by atoms with Gasteiger partial charge in [-0.25, -0.2) is 4.39 Å². The summed E-state index contributed by atoms with van der Waals surface area (Å²) in [6.07, 6.45) is 0.621. The molecule has 1 aromatic carbocycles. The molecule has 0 bridgehead atoms. The third kappa shape index (κ3) is 5.26. The molecular formula is C18H24FN3O4. The van der Waals surface area contributed by atoms with Crippen molar-refractivity contribution in [1.82, 2.24) is 15.1 Å². The van der Waals surface area contributed by atoms with Crippen LogP contribution in [-0.2, 0) is 14.3 Å². The molecule has 0 radical (unpaired) electrons.